The van der Waals surface area contributed by atoms with Crippen LogP contribution in [0.2, 0.25) is 0 Å². The summed E-state index contributed by atoms with van der Waals surface area (Å²) in [6, 6.07) is 20.6. The third-order valence-corrected chi connectivity index (χ3v) is 6.28. The largest absolute Gasteiger partial charge is 0.391 e. The van der Waals surface area contributed by atoms with Crippen LogP contribution in [0.5, 0.6) is 0 Å². The zero-order valence-corrected chi connectivity index (χ0v) is 18.9. The Hall–Kier alpha value is -2.80. The topological polar surface area (TPSA) is 44.7 Å². The van der Waals surface area contributed by atoms with Crippen LogP contribution in [0.4, 0.5) is 14.5 Å². The maximum atomic E-state index is 13.5. The van der Waals surface area contributed by atoms with Gasteiger partial charge < -0.3 is 20.1 Å². The summed E-state index contributed by atoms with van der Waals surface area (Å²) >= 11 is 0. The maximum absolute atomic E-state index is 13.5. The molecule has 1 aliphatic rings. The number of hydrogen-bond acceptors (Lipinski definition) is 4. The van der Waals surface area contributed by atoms with Crippen LogP contribution < -0.4 is 10.2 Å². The molecular formula is C27H30F2N2O2. The van der Waals surface area contributed by atoms with Crippen LogP contribution in [0.25, 0.3) is 0 Å². The molecule has 0 unspecified atom stereocenters. The van der Waals surface area contributed by atoms with Gasteiger partial charge in [-0.3, -0.25) is 0 Å². The van der Waals surface area contributed by atoms with Crippen LogP contribution in [0.1, 0.15) is 29.0 Å². The first kappa shape index (κ1) is 23.4. The Balaban J connectivity index is 1.44. The molecule has 1 aliphatic heterocycles. The van der Waals surface area contributed by atoms with Gasteiger partial charge >= 0.3 is 0 Å². The highest BCUT2D eigenvalue weighted by Crippen LogP contribution is 2.35. The minimum Gasteiger partial charge on any atom is -0.391 e. The number of rotatable bonds is 7. The van der Waals surface area contributed by atoms with Crippen molar-refractivity contribution >= 4 is 5.69 Å². The molecule has 4 nitrogen and oxygen atoms in total. The second-order valence-corrected chi connectivity index (χ2v) is 8.80. The molecule has 2 N–H and O–H groups in total. The molecule has 0 saturated carbocycles. The molecule has 1 fully saturated rings. The highest BCUT2D eigenvalue weighted by atomic mass is 19.1. The van der Waals surface area contributed by atoms with Gasteiger partial charge in [0.1, 0.15) is 11.6 Å². The fourth-order valence-corrected chi connectivity index (χ4v) is 4.36. The summed E-state index contributed by atoms with van der Waals surface area (Å²) in [4.78, 5) is 2.05. The van der Waals surface area contributed by atoms with Crippen molar-refractivity contribution in [3.63, 3.8) is 0 Å². The summed E-state index contributed by atoms with van der Waals surface area (Å²) in [6.45, 7) is 0.976. The lowest BCUT2D eigenvalue weighted by atomic mass is 9.82. The third-order valence-electron chi connectivity index (χ3n) is 6.28. The highest BCUT2D eigenvalue weighted by Gasteiger charge is 2.35. The van der Waals surface area contributed by atoms with Crippen LogP contribution in [0.15, 0.2) is 72.8 Å². The number of ether oxygens (including phenoxy) is 1. The summed E-state index contributed by atoms with van der Waals surface area (Å²) in [6.07, 6.45) is -0.502. The van der Waals surface area contributed by atoms with Crippen molar-refractivity contribution in [1.29, 1.82) is 0 Å². The van der Waals surface area contributed by atoms with Crippen molar-refractivity contribution in [1.82, 2.24) is 5.32 Å². The van der Waals surface area contributed by atoms with Crippen LogP contribution in [0.3, 0.4) is 0 Å². The van der Waals surface area contributed by atoms with E-state index in [2.05, 4.69) is 34.5 Å². The van der Waals surface area contributed by atoms with Crippen molar-refractivity contribution in [2.45, 2.75) is 37.1 Å². The molecule has 0 aromatic heterocycles. The van der Waals surface area contributed by atoms with Crippen LogP contribution in [-0.2, 0) is 11.3 Å². The predicted octanol–water partition coefficient (Wildman–Crippen LogP) is 4.47. The van der Waals surface area contributed by atoms with Crippen molar-refractivity contribution in [2.75, 3.05) is 25.6 Å². The molecule has 6 heteroatoms. The maximum Gasteiger partial charge on any atom is 0.123 e. The van der Waals surface area contributed by atoms with Gasteiger partial charge in [-0.15, -0.1) is 0 Å². The standard InChI is InChI=1S/C27H30F2N2O2/c1-31(2)23-13-3-18(4-14-23)16-30-24-17-33-26(15-25(24)32)27(19-5-9-21(28)10-6-19)20-7-11-22(29)12-8-20/h3-14,24-27,30,32H,15-17H2,1-2H3/t24-,25-,26+/m1/s1. The van der Waals surface area contributed by atoms with E-state index in [1.54, 1.807) is 24.3 Å². The summed E-state index contributed by atoms with van der Waals surface area (Å²) in [7, 11) is 4.01. The van der Waals surface area contributed by atoms with E-state index in [1.807, 2.05) is 14.1 Å². The Morgan fingerprint density at radius 2 is 1.45 bits per heavy atom. The SMILES string of the molecule is CN(C)c1ccc(CN[C@@H]2CO[C@H](C(c3ccc(F)cc3)c3ccc(F)cc3)C[C@H]2O)cc1. The zero-order valence-electron chi connectivity index (χ0n) is 18.9. The van der Waals surface area contributed by atoms with Gasteiger partial charge in [-0.05, 0) is 53.1 Å². The van der Waals surface area contributed by atoms with E-state index in [-0.39, 0.29) is 29.7 Å². The lowest BCUT2D eigenvalue weighted by molar-refractivity contribution is -0.0718. The number of aliphatic hydroxyl groups is 1. The molecule has 3 aromatic carbocycles. The quantitative estimate of drug-likeness (QED) is 0.555. The average Bonchev–Trinajstić information content (AvgIpc) is 2.81. The van der Waals surface area contributed by atoms with Gasteiger partial charge in [-0.2, -0.15) is 0 Å². The first-order valence-corrected chi connectivity index (χ1v) is 11.2. The lowest BCUT2D eigenvalue weighted by Gasteiger charge is -2.38. The minimum atomic E-state index is -0.604. The Labute approximate surface area is 193 Å². The first-order chi connectivity index (χ1) is 15.9. The van der Waals surface area contributed by atoms with Crippen molar-refractivity contribution in [2.24, 2.45) is 0 Å². The molecule has 174 valence electrons. The van der Waals surface area contributed by atoms with Crippen molar-refractivity contribution < 1.29 is 18.6 Å². The number of halogens is 2. The Bertz CT molecular complexity index is 978. The zero-order chi connectivity index (χ0) is 23.4. The van der Waals surface area contributed by atoms with E-state index in [4.69, 9.17) is 4.74 Å². The molecule has 3 aromatic rings. The van der Waals surface area contributed by atoms with Crippen LogP contribution in [-0.4, -0.2) is 44.1 Å². The molecule has 33 heavy (non-hydrogen) atoms. The molecule has 4 rings (SSSR count). The normalized spacial score (nSPS) is 20.7. The lowest BCUT2D eigenvalue weighted by Crippen LogP contribution is -2.50. The summed E-state index contributed by atoms with van der Waals surface area (Å²) in [5, 5.41) is 14.3. The summed E-state index contributed by atoms with van der Waals surface area (Å²) in [5.74, 6) is -0.867. The molecule has 1 saturated heterocycles. The number of hydrogen-bond donors (Lipinski definition) is 2. The van der Waals surface area contributed by atoms with Gasteiger partial charge in [0, 0.05) is 38.7 Å². The van der Waals surface area contributed by atoms with E-state index < -0.39 is 6.10 Å². The van der Waals surface area contributed by atoms with Gasteiger partial charge in [-0.1, -0.05) is 36.4 Å². The number of aliphatic hydroxyl groups excluding tert-OH is 1. The molecule has 0 spiro atoms. The van der Waals surface area contributed by atoms with Gasteiger partial charge in [0.2, 0.25) is 0 Å². The van der Waals surface area contributed by atoms with Crippen LogP contribution in [0, 0.1) is 11.6 Å². The number of nitrogens with one attached hydrogen (secondary N) is 1. The smallest absolute Gasteiger partial charge is 0.123 e. The summed E-state index contributed by atoms with van der Waals surface area (Å²) < 4.78 is 33.2. The van der Waals surface area contributed by atoms with Gasteiger partial charge in [0.25, 0.3) is 0 Å². The predicted molar refractivity (Wildman–Crippen MR) is 126 cm³/mol. The van der Waals surface area contributed by atoms with E-state index in [1.165, 1.54) is 24.3 Å². The van der Waals surface area contributed by atoms with Gasteiger partial charge in [0.15, 0.2) is 0 Å². The molecular weight excluding hydrogens is 422 g/mol. The second kappa shape index (κ2) is 10.4. The minimum absolute atomic E-state index is 0.197. The van der Waals surface area contributed by atoms with Crippen molar-refractivity contribution in [3.05, 3.63) is 101 Å². The van der Waals surface area contributed by atoms with E-state index in [0.717, 1.165) is 22.4 Å². The monoisotopic (exact) mass is 452 g/mol. The fraction of sp³-hybridized carbons (Fsp3) is 0.333. The number of anilines is 1. The first-order valence-electron chi connectivity index (χ1n) is 11.2. The molecule has 0 bridgehead atoms. The highest BCUT2D eigenvalue weighted by molar-refractivity contribution is 5.46. The Kier molecular flexibility index (Phi) is 7.38. The molecule has 0 radical (unpaired) electrons. The molecule has 3 atom stereocenters. The average molecular weight is 453 g/mol. The molecule has 1 heterocycles. The van der Waals surface area contributed by atoms with E-state index in [9.17, 15) is 13.9 Å². The van der Waals surface area contributed by atoms with Crippen LogP contribution >= 0.6 is 0 Å². The van der Waals surface area contributed by atoms with Gasteiger partial charge in [0.05, 0.1) is 24.9 Å². The number of benzene rings is 3. The summed E-state index contributed by atoms with van der Waals surface area (Å²) in [5.41, 5.74) is 4.00. The Morgan fingerprint density at radius 1 is 0.909 bits per heavy atom. The van der Waals surface area contributed by atoms with Gasteiger partial charge in [-0.25, -0.2) is 8.78 Å². The molecule has 0 aliphatic carbocycles. The van der Waals surface area contributed by atoms with E-state index >= 15 is 0 Å². The van der Waals surface area contributed by atoms with E-state index in [0.29, 0.717) is 19.6 Å². The van der Waals surface area contributed by atoms with Crippen molar-refractivity contribution in [3.8, 4) is 0 Å². The fourth-order valence-electron chi connectivity index (χ4n) is 4.36. The number of nitrogens with zero attached hydrogens (tertiary/aromatic N) is 1. The molecule has 0 amide bonds. The second-order valence-electron chi connectivity index (χ2n) is 8.80. The third kappa shape index (κ3) is 5.77. The Morgan fingerprint density at radius 3 is 1.94 bits per heavy atom.